The molecule has 134 valence electrons. The molecule has 0 bridgehead atoms. The van der Waals surface area contributed by atoms with Crippen LogP contribution in [-0.4, -0.2) is 37.8 Å². The number of nitrogens with zero attached hydrogens (tertiary/aromatic N) is 1. The highest BCUT2D eigenvalue weighted by molar-refractivity contribution is 7.89. The van der Waals surface area contributed by atoms with E-state index in [9.17, 15) is 13.2 Å². The van der Waals surface area contributed by atoms with Crippen molar-refractivity contribution in [2.45, 2.75) is 57.9 Å². The Bertz CT molecular complexity index is 700. The zero-order valence-corrected chi connectivity index (χ0v) is 15.8. The van der Waals surface area contributed by atoms with Crippen molar-refractivity contribution in [3.63, 3.8) is 0 Å². The molecule has 5 nitrogen and oxygen atoms in total. The van der Waals surface area contributed by atoms with Crippen LogP contribution in [0.5, 0.6) is 0 Å². The van der Waals surface area contributed by atoms with E-state index >= 15 is 0 Å². The monoisotopic (exact) mass is 352 g/mol. The van der Waals surface area contributed by atoms with Gasteiger partial charge in [0.25, 0.3) is 0 Å². The van der Waals surface area contributed by atoms with Gasteiger partial charge < -0.3 is 5.32 Å². The minimum atomic E-state index is -3.56. The van der Waals surface area contributed by atoms with Crippen molar-refractivity contribution in [1.29, 1.82) is 0 Å². The van der Waals surface area contributed by atoms with E-state index in [0.717, 1.165) is 24.0 Å². The molecule has 0 radical (unpaired) electrons. The average molecular weight is 353 g/mol. The molecule has 1 aromatic carbocycles. The van der Waals surface area contributed by atoms with Crippen molar-refractivity contribution < 1.29 is 13.2 Å². The normalized spacial score (nSPS) is 20.6. The molecule has 6 heteroatoms. The summed E-state index contributed by atoms with van der Waals surface area (Å²) in [5, 5.41) is 2.97. The van der Waals surface area contributed by atoms with E-state index in [-0.39, 0.29) is 24.4 Å². The van der Waals surface area contributed by atoms with E-state index in [1.807, 2.05) is 39.8 Å². The number of piperidine rings is 1. The second-order valence-electron chi connectivity index (χ2n) is 6.79. The van der Waals surface area contributed by atoms with E-state index in [1.54, 1.807) is 6.07 Å². The van der Waals surface area contributed by atoms with Gasteiger partial charge in [0.15, 0.2) is 0 Å². The molecule has 2 atom stereocenters. The molecule has 2 rings (SSSR count). The summed E-state index contributed by atoms with van der Waals surface area (Å²) >= 11 is 0. The molecule has 0 saturated carbocycles. The number of carbonyl (C=O) groups is 1. The third kappa shape index (κ3) is 4.16. The van der Waals surface area contributed by atoms with Gasteiger partial charge in [-0.15, -0.1) is 0 Å². The first kappa shape index (κ1) is 18.9. The molecular formula is C18H28N2O3S. The predicted octanol–water partition coefficient (Wildman–Crippen LogP) is 2.62. The zero-order valence-electron chi connectivity index (χ0n) is 15.0. The number of rotatable bonds is 5. The van der Waals surface area contributed by atoms with E-state index < -0.39 is 10.0 Å². The zero-order chi connectivity index (χ0) is 17.9. The number of carbonyl (C=O) groups excluding carboxylic acids is 1. The maximum absolute atomic E-state index is 13.0. The summed E-state index contributed by atoms with van der Waals surface area (Å²) in [6.07, 6.45) is 2.31. The Morgan fingerprint density at radius 3 is 2.75 bits per heavy atom. The number of hydrogen-bond donors (Lipinski definition) is 1. The van der Waals surface area contributed by atoms with Gasteiger partial charge in [-0.05, 0) is 57.2 Å². The maximum atomic E-state index is 13.0. The number of aryl methyl sites for hydroxylation is 2. The first-order chi connectivity index (χ1) is 11.3. The van der Waals surface area contributed by atoms with E-state index in [1.165, 1.54) is 4.31 Å². The fourth-order valence-corrected chi connectivity index (χ4v) is 4.80. The minimum absolute atomic E-state index is 0.0368. The van der Waals surface area contributed by atoms with Crippen molar-refractivity contribution in [1.82, 2.24) is 9.62 Å². The van der Waals surface area contributed by atoms with Crippen molar-refractivity contribution in [3.8, 4) is 0 Å². The van der Waals surface area contributed by atoms with Crippen LogP contribution in [0, 0.1) is 19.8 Å². The predicted molar refractivity (Wildman–Crippen MR) is 95.3 cm³/mol. The smallest absolute Gasteiger partial charge is 0.243 e. The van der Waals surface area contributed by atoms with Crippen molar-refractivity contribution in [2.24, 2.45) is 5.92 Å². The van der Waals surface area contributed by atoms with Gasteiger partial charge in [-0.3, -0.25) is 4.79 Å². The second kappa shape index (κ2) is 7.66. The fourth-order valence-electron chi connectivity index (χ4n) is 2.96. The van der Waals surface area contributed by atoms with Crippen molar-refractivity contribution in [3.05, 3.63) is 29.3 Å². The third-order valence-corrected chi connectivity index (χ3v) is 6.72. The first-order valence-electron chi connectivity index (χ1n) is 8.63. The van der Waals surface area contributed by atoms with Crippen LogP contribution in [0.25, 0.3) is 0 Å². The van der Waals surface area contributed by atoms with Gasteiger partial charge in [0.2, 0.25) is 15.9 Å². The first-order valence-corrected chi connectivity index (χ1v) is 10.1. The number of amides is 1. The van der Waals surface area contributed by atoms with Gasteiger partial charge in [0.05, 0.1) is 10.8 Å². The molecule has 1 N–H and O–H groups in total. The van der Waals surface area contributed by atoms with Gasteiger partial charge in [0.1, 0.15) is 0 Å². The summed E-state index contributed by atoms with van der Waals surface area (Å²) in [5.41, 5.74) is 1.66. The lowest BCUT2D eigenvalue weighted by molar-refractivity contribution is -0.126. The number of nitrogens with one attached hydrogen (secondary N) is 1. The molecule has 24 heavy (non-hydrogen) atoms. The highest BCUT2D eigenvalue weighted by atomic mass is 32.2. The lowest BCUT2D eigenvalue weighted by Gasteiger charge is -2.32. The Morgan fingerprint density at radius 2 is 2.08 bits per heavy atom. The highest BCUT2D eigenvalue weighted by Gasteiger charge is 2.34. The Morgan fingerprint density at radius 1 is 1.38 bits per heavy atom. The number of sulfonamides is 1. The summed E-state index contributed by atoms with van der Waals surface area (Å²) in [5.74, 6) is -0.308. The molecule has 0 spiro atoms. The lowest BCUT2D eigenvalue weighted by Crippen LogP contribution is -2.47. The van der Waals surface area contributed by atoms with E-state index in [4.69, 9.17) is 0 Å². The number of hydrogen-bond acceptors (Lipinski definition) is 3. The largest absolute Gasteiger partial charge is 0.353 e. The molecule has 1 amide bonds. The second-order valence-corrected chi connectivity index (χ2v) is 8.70. The van der Waals surface area contributed by atoms with Crippen LogP contribution >= 0.6 is 0 Å². The van der Waals surface area contributed by atoms with Gasteiger partial charge in [-0.2, -0.15) is 4.31 Å². The Labute approximate surface area is 145 Å². The average Bonchev–Trinajstić information content (AvgIpc) is 2.56. The van der Waals surface area contributed by atoms with E-state index in [2.05, 4.69) is 5.32 Å². The summed E-state index contributed by atoms with van der Waals surface area (Å²) in [4.78, 5) is 12.7. The van der Waals surface area contributed by atoms with Gasteiger partial charge in [0, 0.05) is 19.1 Å². The molecule has 1 aromatic rings. The number of benzene rings is 1. The van der Waals surface area contributed by atoms with Crippen LogP contribution in [0.4, 0.5) is 0 Å². The Balaban J connectivity index is 2.19. The standard InChI is InChI=1S/C18H28N2O3S/c1-5-15(4)19-18(21)16-7-6-10-20(12-16)24(22,23)17-11-13(2)8-9-14(17)3/h8-9,11,15-16H,5-7,10,12H2,1-4H3,(H,19,21)/t15-,16+/m1/s1. The fraction of sp³-hybridized carbons (Fsp3) is 0.611. The van der Waals surface area contributed by atoms with Crippen LogP contribution in [-0.2, 0) is 14.8 Å². The van der Waals surface area contributed by atoms with Crippen molar-refractivity contribution >= 4 is 15.9 Å². The SMILES string of the molecule is CC[C@@H](C)NC(=O)[C@H]1CCCN(S(=O)(=O)c2cc(C)ccc2C)C1. The molecule has 0 aliphatic carbocycles. The molecule has 0 aromatic heterocycles. The molecular weight excluding hydrogens is 324 g/mol. The molecule has 1 aliphatic heterocycles. The summed E-state index contributed by atoms with van der Waals surface area (Å²) in [7, 11) is -3.56. The topological polar surface area (TPSA) is 66.5 Å². The maximum Gasteiger partial charge on any atom is 0.243 e. The third-order valence-electron chi connectivity index (χ3n) is 4.72. The molecule has 1 saturated heterocycles. The van der Waals surface area contributed by atoms with Gasteiger partial charge >= 0.3 is 0 Å². The summed E-state index contributed by atoms with van der Waals surface area (Å²) in [6, 6.07) is 5.57. The molecule has 0 unspecified atom stereocenters. The van der Waals surface area contributed by atoms with Gasteiger partial charge in [-0.25, -0.2) is 8.42 Å². The summed E-state index contributed by atoms with van der Waals surface area (Å²) in [6.45, 7) is 8.41. The van der Waals surface area contributed by atoms with Crippen LogP contribution < -0.4 is 5.32 Å². The van der Waals surface area contributed by atoms with Crippen LogP contribution in [0.15, 0.2) is 23.1 Å². The van der Waals surface area contributed by atoms with Crippen molar-refractivity contribution in [2.75, 3.05) is 13.1 Å². The minimum Gasteiger partial charge on any atom is -0.353 e. The molecule has 1 aliphatic rings. The van der Waals surface area contributed by atoms with Crippen LogP contribution in [0.3, 0.4) is 0 Å². The molecule has 1 fully saturated rings. The lowest BCUT2D eigenvalue weighted by atomic mass is 9.98. The molecule has 1 heterocycles. The quantitative estimate of drug-likeness (QED) is 0.886. The Hall–Kier alpha value is -1.40. The van der Waals surface area contributed by atoms with E-state index in [0.29, 0.717) is 17.9 Å². The van der Waals surface area contributed by atoms with Gasteiger partial charge in [-0.1, -0.05) is 19.1 Å². The summed E-state index contributed by atoms with van der Waals surface area (Å²) < 4.78 is 27.5. The van der Waals surface area contributed by atoms with Crippen LogP contribution in [0.2, 0.25) is 0 Å². The Kier molecular flexibility index (Phi) is 6.04. The highest BCUT2D eigenvalue weighted by Crippen LogP contribution is 2.26. The van der Waals surface area contributed by atoms with Crippen LogP contribution in [0.1, 0.15) is 44.2 Å².